The van der Waals surface area contributed by atoms with E-state index in [1.54, 1.807) is 140 Å². The number of benzene rings is 10. The Hall–Kier alpha value is -14.2. The van der Waals surface area contributed by atoms with Gasteiger partial charge in [-0.15, -0.1) is 0 Å². The normalized spacial score (nSPS) is 10.9. The zero-order chi connectivity index (χ0) is 94.4. The van der Waals surface area contributed by atoms with Crippen molar-refractivity contribution in [2.24, 2.45) is 0 Å². The van der Waals surface area contributed by atoms with Gasteiger partial charge in [-0.3, -0.25) is 0 Å². The Morgan fingerprint density at radius 2 is 0.454 bits per heavy atom. The lowest BCUT2D eigenvalue weighted by molar-refractivity contribution is 0.247. The number of ether oxygens (including phenoxy) is 10. The first-order chi connectivity index (χ1) is 62.9. The highest BCUT2D eigenvalue weighted by molar-refractivity contribution is 5.78. The van der Waals surface area contributed by atoms with Crippen molar-refractivity contribution in [3.8, 4) is 154 Å². The Kier molecular flexibility index (Phi) is 36.8. The van der Waals surface area contributed by atoms with Crippen molar-refractivity contribution in [2.75, 3.05) is 71.1 Å². The molecule has 0 spiro atoms. The molecule has 3 aromatic heterocycles. The molecule has 3 heterocycles. The third-order valence-electron chi connectivity index (χ3n) is 20.6. The number of nitrogens with zero attached hydrogens (tertiary/aromatic N) is 3. The maximum absolute atomic E-state index is 10.0. The molecule has 0 saturated heterocycles. The second kappa shape index (κ2) is 48.1. The number of aliphatic hydroxyl groups excluding tert-OH is 13. The molecule has 0 amide bonds. The second-order valence-electron chi connectivity index (χ2n) is 28.0. The van der Waals surface area contributed by atoms with Crippen LogP contribution in [-0.4, -0.2) is 178 Å². The van der Waals surface area contributed by atoms with E-state index in [0.717, 1.165) is 22.3 Å². The first kappa shape index (κ1) is 99.6. The molecule has 10 aromatic carbocycles. The minimum absolute atomic E-state index is 0.0135. The third kappa shape index (κ3) is 23.8. The van der Waals surface area contributed by atoms with Gasteiger partial charge in [0.2, 0.25) is 17.2 Å². The smallest absolute Gasteiger partial charge is 0.200 e. The van der Waals surface area contributed by atoms with Crippen LogP contribution in [-0.2, 0) is 85.9 Å². The van der Waals surface area contributed by atoms with Gasteiger partial charge in [-0.25, -0.2) is 0 Å². The molecule has 130 heavy (non-hydrogen) atoms. The highest BCUT2D eigenvalue weighted by Crippen LogP contribution is 2.45. The molecule has 34 heteroatoms. The van der Waals surface area contributed by atoms with E-state index >= 15 is 0 Å². The first-order valence-corrected chi connectivity index (χ1v) is 39.5. The summed E-state index contributed by atoms with van der Waals surface area (Å²) >= 11 is 0. The predicted molar refractivity (Wildman–Crippen MR) is 477 cm³/mol. The molecule has 18 N–H and O–H groups in total. The third-order valence-corrected chi connectivity index (χ3v) is 20.6. The van der Waals surface area contributed by atoms with E-state index in [1.807, 2.05) is 30.4 Å². The molecule has 0 fully saturated rings. The van der Waals surface area contributed by atoms with E-state index in [0.29, 0.717) is 175 Å². The van der Waals surface area contributed by atoms with Crippen LogP contribution >= 0.6 is 0 Å². The van der Waals surface area contributed by atoms with E-state index in [9.17, 15) is 91.9 Å². The monoisotopic (exact) mass is 1790 g/mol. The van der Waals surface area contributed by atoms with Gasteiger partial charge in [0.05, 0.1) is 157 Å². The van der Waals surface area contributed by atoms with Crippen molar-refractivity contribution in [1.82, 2.24) is 15.5 Å². The summed E-state index contributed by atoms with van der Waals surface area (Å²) < 4.78 is 67.7. The van der Waals surface area contributed by atoms with Crippen LogP contribution in [0, 0.1) is 0 Å². The van der Waals surface area contributed by atoms with E-state index < -0.39 is 0 Å². The van der Waals surface area contributed by atoms with Gasteiger partial charge in [-0.05, 0) is 211 Å². The van der Waals surface area contributed by atoms with Gasteiger partial charge in [0.15, 0.2) is 74.8 Å². The summed E-state index contributed by atoms with van der Waals surface area (Å²) in [4.78, 5) is 0. The van der Waals surface area contributed by atoms with E-state index in [2.05, 4.69) is 15.5 Å². The van der Waals surface area contributed by atoms with Gasteiger partial charge in [-0.1, -0.05) is 45.8 Å². The van der Waals surface area contributed by atoms with Gasteiger partial charge in [0, 0.05) is 62.7 Å². The van der Waals surface area contributed by atoms with Crippen LogP contribution in [0.4, 0.5) is 0 Å². The van der Waals surface area contributed by atoms with Gasteiger partial charge in [0.25, 0.3) is 0 Å². The number of hydrogen-bond acceptors (Lipinski definition) is 34. The fraction of sp³-hybridized carbons (Fsp3) is 0.240. The Morgan fingerprint density at radius 1 is 0.215 bits per heavy atom. The lowest BCUT2D eigenvalue weighted by Gasteiger charge is -2.12. The molecule has 13 aromatic rings. The molecule has 0 aliphatic carbocycles. The van der Waals surface area contributed by atoms with E-state index in [4.69, 9.17) is 60.9 Å². The minimum Gasteiger partial charge on any atom is -0.504 e. The Labute approximate surface area is 746 Å². The topological polar surface area (TPSA) is 535 Å². The summed E-state index contributed by atoms with van der Waals surface area (Å²) in [5, 5.41) is 185. The lowest BCUT2D eigenvalue weighted by Crippen LogP contribution is -2.01. The molecule has 0 bridgehead atoms. The number of methoxy groups -OCH3 is 10. The molecule has 0 aliphatic heterocycles. The average Bonchev–Trinajstić information content (AvgIpc) is 1.62. The van der Waals surface area contributed by atoms with Crippen LogP contribution in [0.25, 0.3) is 92.0 Å². The van der Waals surface area contributed by atoms with Crippen molar-refractivity contribution < 1.29 is 153 Å². The van der Waals surface area contributed by atoms with Crippen LogP contribution in [0.5, 0.6) is 86.2 Å². The summed E-state index contributed by atoms with van der Waals surface area (Å²) in [5.74, 6) is 4.37. The van der Waals surface area contributed by atoms with E-state index in [1.165, 1.54) is 77.2 Å². The number of aromatic hydroxyl groups is 5. The lowest BCUT2D eigenvalue weighted by atomic mass is 9.97. The van der Waals surface area contributed by atoms with Crippen LogP contribution in [0.1, 0.15) is 94.6 Å². The van der Waals surface area contributed by atoms with Gasteiger partial charge in [0.1, 0.15) is 28.6 Å². The van der Waals surface area contributed by atoms with E-state index in [-0.39, 0.29) is 138 Å². The molecule has 0 atom stereocenters. The fourth-order valence-corrected chi connectivity index (χ4v) is 13.7. The molecule has 0 radical (unpaired) electrons. The molecule has 688 valence electrons. The van der Waals surface area contributed by atoms with Gasteiger partial charge >= 0.3 is 0 Å². The van der Waals surface area contributed by atoms with Gasteiger partial charge in [-0.2, -0.15) is 0 Å². The molecule has 34 nitrogen and oxygen atoms in total. The average molecular weight is 1790 g/mol. The zero-order valence-electron chi connectivity index (χ0n) is 72.6. The summed E-state index contributed by atoms with van der Waals surface area (Å²) in [6.45, 7) is -3.33. The Balaban J connectivity index is 0.000000183. The number of aliphatic hydroxyl groups is 13. The van der Waals surface area contributed by atoms with Crippen molar-refractivity contribution in [3.63, 3.8) is 0 Å². The summed E-state index contributed by atoms with van der Waals surface area (Å²) in [6, 6.07) is 42.0. The second-order valence-corrected chi connectivity index (χ2v) is 28.0. The Bertz CT molecular complexity index is 5670. The van der Waals surface area contributed by atoms with Crippen molar-refractivity contribution >= 4 is 24.3 Å². The molecular formula is C96H103N3O31. The highest BCUT2D eigenvalue weighted by Gasteiger charge is 2.23. The molecular weight excluding hydrogens is 1690 g/mol. The molecule has 0 aliphatic rings. The molecule has 13 rings (SSSR count). The van der Waals surface area contributed by atoms with Crippen LogP contribution in [0.15, 0.2) is 165 Å². The number of phenols is 5. The van der Waals surface area contributed by atoms with Crippen LogP contribution in [0.3, 0.4) is 0 Å². The summed E-state index contributed by atoms with van der Waals surface area (Å²) in [6.07, 6.45) is 7.31. The van der Waals surface area contributed by atoms with Gasteiger partial charge < -0.3 is 153 Å². The maximum atomic E-state index is 10.0. The Morgan fingerprint density at radius 3 is 0.746 bits per heavy atom. The minimum atomic E-state index is -0.291. The first-order valence-electron chi connectivity index (χ1n) is 39.5. The number of rotatable bonds is 33. The summed E-state index contributed by atoms with van der Waals surface area (Å²) in [7, 11) is 14.7. The largest absolute Gasteiger partial charge is 0.504 e. The van der Waals surface area contributed by atoms with Crippen LogP contribution in [0.2, 0.25) is 0 Å². The van der Waals surface area contributed by atoms with Crippen molar-refractivity contribution in [1.29, 1.82) is 0 Å². The molecule has 0 saturated carbocycles. The number of hydrogen-bond donors (Lipinski definition) is 18. The SMILES string of the molecule is COc1cc(-c2cc(-c3cc(CO)c(CO)c(CO)c3)no2)cc(OC)c1O.COc1cc(-c2cc(-c3cc(CO)c(CO)c(CO)c3)on2)cc(OC)c1O.COc1cc(/C=C\c2cc(CO)c(CO)c(OC)c2)cc(OC)c1O.COc1ccc(-c2cc(-c3cc(CO)c(CO)c(CO)c3)no2)cc1O.COc1ccc(/C=C\c2cc(CO)c(CO)c(OC)c2)cc1O. The highest BCUT2D eigenvalue weighted by atomic mass is 16.5. The predicted octanol–water partition coefficient (Wildman–Crippen LogP) is 11.8. The maximum Gasteiger partial charge on any atom is 0.200 e. The fourth-order valence-electron chi connectivity index (χ4n) is 13.7. The quantitative estimate of drug-likeness (QED) is 0.0170. The van der Waals surface area contributed by atoms with Crippen molar-refractivity contribution in [3.05, 3.63) is 246 Å². The molecule has 0 unspecified atom stereocenters. The number of phenolic OH excluding ortho intramolecular Hbond substituents is 5. The zero-order valence-corrected chi connectivity index (χ0v) is 72.6. The van der Waals surface area contributed by atoms with Crippen molar-refractivity contribution in [2.45, 2.75) is 85.9 Å². The summed E-state index contributed by atoms with van der Waals surface area (Å²) in [5.41, 5.74) is 15.2. The standard InChI is InChI=1S/2C20H21NO7.C19H19NO6.C19H22O6.C18H20O5/c1-26-18-5-11(6-19(27-2)20(18)25)16-7-17(28-21-16)12-3-13(8-22)15(10-24)14(4-12)9-23;1-26-18-5-12(6-19(27-2)20(18)25)17-7-16(21-28-17)11-3-13(8-22)15(10-24)14(4-11)9-23;1-25-18-3-2-11(6-17(18)24)19-7-16(20-26-19)12-4-13(8-21)15(10-23)14(5-12)9-22;1-23-16-7-12(6-14(10-20)15(16)11-21)4-5-13-8-17(24-2)19(22)18(9-13)25-3;1-22-17-6-5-12(8-16(17)21)3-4-13-7-14(10-19)15(11-20)18(9-13)23-2/h2*3-7,22-25H,8-10H2,1-2H3;2-7,21-24H,8-10H2,1H3;4-9,20-22H,10-11H2,1-3H3;3-9,19-21H,10-11H2,1-2H3/b;;;5-4-;4-3-. The number of aromatic nitrogens is 3. The van der Waals surface area contributed by atoms with Crippen LogP contribution < -0.4 is 47.4 Å².